The van der Waals surface area contributed by atoms with Crippen LogP contribution < -0.4 is 5.32 Å². The van der Waals surface area contributed by atoms with E-state index in [1.807, 2.05) is 30.3 Å². The monoisotopic (exact) mass is 283 g/mol. The maximum Gasteiger partial charge on any atom is 0.252 e. The van der Waals surface area contributed by atoms with Crippen molar-refractivity contribution in [1.82, 2.24) is 30.2 Å². The number of aromatic nitrogens is 6. The van der Waals surface area contributed by atoms with Crippen LogP contribution in [0.2, 0.25) is 0 Å². The molecule has 2 aromatic heterocycles. The molecule has 0 saturated carbocycles. The Balaban J connectivity index is 1.81. The molecule has 8 heteroatoms. The lowest BCUT2D eigenvalue weighted by Gasteiger charge is -2.15. The highest BCUT2D eigenvalue weighted by molar-refractivity contribution is 5.92. The van der Waals surface area contributed by atoms with E-state index in [9.17, 15) is 4.79 Å². The second-order valence-electron chi connectivity index (χ2n) is 4.42. The Hall–Kier alpha value is -3.03. The van der Waals surface area contributed by atoms with E-state index in [1.165, 1.54) is 11.0 Å². The van der Waals surface area contributed by atoms with Crippen molar-refractivity contribution in [1.29, 1.82) is 0 Å². The van der Waals surface area contributed by atoms with E-state index >= 15 is 0 Å². The van der Waals surface area contributed by atoms with Gasteiger partial charge in [0.15, 0.2) is 0 Å². The number of imidazole rings is 1. The molecule has 0 bridgehead atoms. The smallest absolute Gasteiger partial charge is 0.252 e. The summed E-state index contributed by atoms with van der Waals surface area (Å²) in [6.45, 7) is 0. The van der Waals surface area contributed by atoms with Gasteiger partial charge in [0.25, 0.3) is 5.91 Å². The third-order valence-corrected chi connectivity index (χ3v) is 3.00. The molecular weight excluding hydrogens is 270 g/mol. The van der Waals surface area contributed by atoms with Crippen LogP contribution in [-0.2, 0) is 11.2 Å². The summed E-state index contributed by atoms with van der Waals surface area (Å²) >= 11 is 0. The molecule has 0 radical (unpaired) electrons. The van der Waals surface area contributed by atoms with Gasteiger partial charge in [-0.15, -0.1) is 5.10 Å². The number of benzene rings is 1. The number of amides is 1. The van der Waals surface area contributed by atoms with Gasteiger partial charge in [0.05, 0.1) is 0 Å². The Morgan fingerprint density at radius 3 is 2.86 bits per heavy atom. The topological polar surface area (TPSA) is 101 Å². The molecule has 8 nitrogen and oxygen atoms in total. The molecule has 0 aliphatic carbocycles. The number of hydrogen-bond donors (Lipinski definition) is 2. The Morgan fingerprint density at radius 1 is 1.33 bits per heavy atom. The lowest BCUT2D eigenvalue weighted by atomic mass is 10.1. The molecule has 106 valence electrons. The van der Waals surface area contributed by atoms with Gasteiger partial charge in [-0.2, -0.15) is 0 Å². The Morgan fingerprint density at radius 2 is 2.19 bits per heavy atom. The summed E-state index contributed by atoms with van der Waals surface area (Å²) in [6.07, 6.45) is 5.12. The van der Waals surface area contributed by atoms with Gasteiger partial charge in [0.2, 0.25) is 5.95 Å². The molecule has 2 N–H and O–H groups in total. The second-order valence-corrected chi connectivity index (χ2v) is 4.42. The first-order valence-electron chi connectivity index (χ1n) is 6.39. The summed E-state index contributed by atoms with van der Waals surface area (Å²) in [6, 6.07) is 9.15. The summed E-state index contributed by atoms with van der Waals surface area (Å²) in [5.74, 6) is 0.159. The normalized spacial score (nSPS) is 12.0. The third kappa shape index (κ3) is 3.11. The van der Waals surface area contributed by atoms with E-state index in [4.69, 9.17) is 0 Å². The van der Waals surface area contributed by atoms with Crippen molar-refractivity contribution >= 4 is 11.9 Å². The predicted molar refractivity (Wildman–Crippen MR) is 74.2 cm³/mol. The number of aromatic amines is 1. The number of tetrazole rings is 1. The SMILES string of the molecule is O=C(Nc1ncc[nH]1)[C@@H](Cc1ccccc1)n1cnnn1. The van der Waals surface area contributed by atoms with Crippen molar-refractivity contribution in [3.63, 3.8) is 0 Å². The van der Waals surface area contributed by atoms with Crippen molar-refractivity contribution in [2.45, 2.75) is 12.5 Å². The molecule has 0 unspecified atom stereocenters. The third-order valence-electron chi connectivity index (χ3n) is 3.00. The molecule has 1 atom stereocenters. The maximum atomic E-state index is 12.4. The van der Waals surface area contributed by atoms with E-state index in [0.29, 0.717) is 12.4 Å². The highest BCUT2D eigenvalue weighted by atomic mass is 16.2. The van der Waals surface area contributed by atoms with E-state index < -0.39 is 6.04 Å². The van der Waals surface area contributed by atoms with Crippen molar-refractivity contribution in [2.24, 2.45) is 0 Å². The van der Waals surface area contributed by atoms with Crippen LogP contribution in [0.4, 0.5) is 5.95 Å². The molecule has 0 aliphatic rings. The number of nitrogens with one attached hydrogen (secondary N) is 2. The zero-order chi connectivity index (χ0) is 14.5. The summed E-state index contributed by atoms with van der Waals surface area (Å²) in [4.78, 5) is 19.2. The fourth-order valence-corrected chi connectivity index (χ4v) is 1.99. The first-order valence-corrected chi connectivity index (χ1v) is 6.39. The molecule has 0 saturated heterocycles. The van der Waals surface area contributed by atoms with Gasteiger partial charge in [0.1, 0.15) is 12.4 Å². The van der Waals surface area contributed by atoms with Crippen molar-refractivity contribution in [3.8, 4) is 0 Å². The standard InChI is InChI=1S/C13H13N7O/c21-12(17-13-14-6-7-15-13)11(20-9-16-18-19-20)8-10-4-2-1-3-5-10/h1-7,9,11H,8H2,(H2,14,15,17,21)/t11-/m1/s1. The van der Waals surface area contributed by atoms with Crippen LogP contribution in [0.3, 0.4) is 0 Å². The van der Waals surface area contributed by atoms with Crippen LogP contribution in [0.15, 0.2) is 49.1 Å². The minimum Gasteiger partial charge on any atom is -0.331 e. The zero-order valence-electron chi connectivity index (χ0n) is 11.0. The number of rotatable bonds is 5. The summed E-state index contributed by atoms with van der Waals surface area (Å²) < 4.78 is 1.44. The van der Waals surface area contributed by atoms with Crippen LogP contribution in [0.1, 0.15) is 11.6 Å². The molecule has 3 aromatic rings. The molecule has 3 rings (SSSR count). The number of H-pyrrole nitrogens is 1. The Labute approximate surface area is 120 Å². The van der Waals surface area contributed by atoms with Gasteiger partial charge in [-0.25, -0.2) is 9.67 Å². The van der Waals surface area contributed by atoms with Gasteiger partial charge >= 0.3 is 0 Å². The molecule has 0 spiro atoms. The second kappa shape index (κ2) is 5.95. The fourth-order valence-electron chi connectivity index (χ4n) is 1.99. The number of carbonyl (C=O) groups excluding carboxylic acids is 1. The van der Waals surface area contributed by atoms with Gasteiger partial charge in [-0.1, -0.05) is 30.3 Å². The van der Waals surface area contributed by atoms with E-state index in [0.717, 1.165) is 5.56 Å². The first kappa shape index (κ1) is 13.0. The van der Waals surface area contributed by atoms with Crippen LogP contribution in [0, 0.1) is 0 Å². The minimum atomic E-state index is -0.549. The molecule has 0 aliphatic heterocycles. The van der Waals surface area contributed by atoms with E-state index in [-0.39, 0.29) is 5.91 Å². The average Bonchev–Trinajstić information content (AvgIpc) is 3.19. The predicted octanol–water partition coefficient (Wildman–Crippen LogP) is 0.819. The highest BCUT2D eigenvalue weighted by Gasteiger charge is 2.22. The van der Waals surface area contributed by atoms with Crippen LogP contribution in [0.5, 0.6) is 0 Å². The Kier molecular flexibility index (Phi) is 3.68. The van der Waals surface area contributed by atoms with Crippen LogP contribution in [-0.4, -0.2) is 36.1 Å². The summed E-state index contributed by atoms with van der Waals surface area (Å²) in [7, 11) is 0. The summed E-state index contributed by atoms with van der Waals surface area (Å²) in [5, 5.41) is 13.7. The number of nitrogens with zero attached hydrogens (tertiary/aromatic N) is 5. The maximum absolute atomic E-state index is 12.4. The van der Waals surface area contributed by atoms with Crippen LogP contribution >= 0.6 is 0 Å². The van der Waals surface area contributed by atoms with Crippen molar-refractivity contribution in [2.75, 3.05) is 5.32 Å². The van der Waals surface area contributed by atoms with Gasteiger partial charge in [-0.3, -0.25) is 10.1 Å². The van der Waals surface area contributed by atoms with Crippen LogP contribution in [0.25, 0.3) is 0 Å². The van der Waals surface area contributed by atoms with Gasteiger partial charge < -0.3 is 4.98 Å². The van der Waals surface area contributed by atoms with E-state index in [1.54, 1.807) is 12.4 Å². The highest BCUT2D eigenvalue weighted by Crippen LogP contribution is 2.14. The van der Waals surface area contributed by atoms with Gasteiger partial charge in [0, 0.05) is 18.8 Å². The molecule has 2 heterocycles. The largest absolute Gasteiger partial charge is 0.331 e. The Bertz CT molecular complexity index is 679. The molecule has 0 fully saturated rings. The first-order chi connectivity index (χ1) is 10.3. The molecule has 1 amide bonds. The minimum absolute atomic E-state index is 0.235. The zero-order valence-corrected chi connectivity index (χ0v) is 11.0. The van der Waals surface area contributed by atoms with Gasteiger partial charge in [-0.05, 0) is 16.0 Å². The molecular formula is C13H13N7O. The average molecular weight is 283 g/mol. The lowest BCUT2D eigenvalue weighted by molar-refractivity contribution is -0.119. The molecule has 21 heavy (non-hydrogen) atoms. The van der Waals surface area contributed by atoms with E-state index in [2.05, 4.69) is 30.8 Å². The van der Waals surface area contributed by atoms with Crippen molar-refractivity contribution in [3.05, 3.63) is 54.6 Å². The molecule has 1 aromatic carbocycles. The van der Waals surface area contributed by atoms with Crippen molar-refractivity contribution < 1.29 is 4.79 Å². The fraction of sp³-hybridized carbons (Fsp3) is 0.154. The summed E-state index contributed by atoms with van der Waals surface area (Å²) in [5.41, 5.74) is 1.02. The quantitative estimate of drug-likeness (QED) is 0.721. The number of carbonyl (C=O) groups is 1. The lowest BCUT2D eigenvalue weighted by Crippen LogP contribution is -2.28. The number of hydrogen-bond acceptors (Lipinski definition) is 5. The number of anilines is 1.